The number of carbonyl (C=O) groups excluding carboxylic acids is 1. The summed E-state index contributed by atoms with van der Waals surface area (Å²) in [5.74, 6) is 0.484. The number of β-amino-alcohol motifs (C(OH)–C–C–N with tert-alkyl or cyclic N) is 1. The van der Waals surface area contributed by atoms with E-state index in [-0.39, 0.29) is 12.5 Å². The van der Waals surface area contributed by atoms with Gasteiger partial charge in [-0.15, -0.1) is 0 Å². The smallest absolute Gasteiger partial charge is 0.226 e. The molecule has 1 aromatic rings. The van der Waals surface area contributed by atoms with Gasteiger partial charge in [0.15, 0.2) is 0 Å². The number of aliphatic hydroxyl groups excluding tert-OH is 1. The minimum absolute atomic E-state index is 0.157. The Morgan fingerprint density at radius 3 is 2.57 bits per heavy atom. The highest BCUT2D eigenvalue weighted by Gasteiger charge is 2.29. The number of nitrogens with zero attached hydrogens (tertiary/aromatic N) is 2. The van der Waals surface area contributed by atoms with Gasteiger partial charge in [-0.05, 0) is 30.4 Å². The van der Waals surface area contributed by atoms with Gasteiger partial charge >= 0.3 is 0 Å². The highest BCUT2D eigenvalue weighted by molar-refractivity contribution is 5.79. The van der Waals surface area contributed by atoms with Gasteiger partial charge < -0.3 is 10.0 Å². The van der Waals surface area contributed by atoms with E-state index in [0.717, 1.165) is 52.0 Å². The van der Waals surface area contributed by atoms with E-state index in [0.29, 0.717) is 5.91 Å². The molecule has 1 aliphatic carbocycles. The van der Waals surface area contributed by atoms with E-state index in [2.05, 4.69) is 29.2 Å². The zero-order valence-corrected chi connectivity index (χ0v) is 12.5. The van der Waals surface area contributed by atoms with E-state index in [1.165, 1.54) is 11.1 Å². The molecule has 1 N–H and O–H groups in total. The minimum Gasteiger partial charge on any atom is -0.395 e. The first-order chi connectivity index (χ1) is 10.3. The number of rotatable bonds is 3. The monoisotopic (exact) mass is 288 g/mol. The molecule has 0 radical (unpaired) electrons. The fraction of sp³-hybridized carbons (Fsp3) is 0.588. The second-order valence-electron chi connectivity index (χ2n) is 6.10. The number of carbonyl (C=O) groups is 1. The topological polar surface area (TPSA) is 43.8 Å². The maximum absolute atomic E-state index is 12.7. The third-order valence-corrected chi connectivity index (χ3v) is 4.80. The van der Waals surface area contributed by atoms with Crippen molar-refractivity contribution in [2.75, 3.05) is 39.3 Å². The van der Waals surface area contributed by atoms with Crippen LogP contribution in [0.4, 0.5) is 0 Å². The number of hydrogen-bond acceptors (Lipinski definition) is 3. The van der Waals surface area contributed by atoms with Crippen LogP contribution in [-0.4, -0.2) is 60.1 Å². The van der Waals surface area contributed by atoms with E-state index < -0.39 is 0 Å². The Kier molecular flexibility index (Phi) is 4.56. The third kappa shape index (κ3) is 3.27. The number of hydrogen-bond donors (Lipinski definition) is 1. The fourth-order valence-electron chi connectivity index (χ4n) is 3.50. The standard InChI is InChI=1S/C17H24N2O2/c20-12-11-18-7-9-19(10-8-18)17(21)16-6-5-14-3-1-2-4-15(14)13-16/h1-4,16,20H,5-13H2. The highest BCUT2D eigenvalue weighted by Crippen LogP contribution is 2.27. The van der Waals surface area contributed by atoms with Crippen molar-refractivity contribution < 1.29 is 9.90 Å². The van der Waals surface area contributed by atoms with Gasteiger partial charge in [0.25, 0.3) is 0 Å². The van der Waals surface area contributed by atoms with Crippen LogP contribution in [-0.2, 0) is 17.6 Å². The first-order valence-corrected chi connectivity index (χ1v) is 7.96. The van der Waals surface area contributed by atoms with Crippen LogP contribution in [0, 0.1) is 5.92 Å². The average Bonchev–Trinajstić information content (AvgIpc) is 2.55. The quantitative estimate of drug-likeness (QED) is 0.900. The highest BCUT2D eigenvalue weighted by atomic mass is 16.3. The Hall–Kier alpha value is -1.39. The van der Waals surface area contributed by atoms with Gasteiger partial charge in [0, 0.05) is 38.6 Å². The summed E-state index contributed by atoms with van der Waals surface area (Å²) in [4.78, 5) is 16.9. The molecule has 1 atom stereocenters. The van der Waals surface area contributed by atoms with Gasteiger partial charge in [-0.2, -0.15) is 0 Å². The summed E-state index contributed by atoms with van der Waals surface area (Å²) in [5, 5.41) is 8.97. The Labute approximate surface area is 126 Å². The number of aryl methyl sites for hydroxylation is 1. The molecule has 114 valence electrons. The Morgan fingerprint density at radius 1 is 1.14 bits per heavy atom. The number of piperazine rings is 1. The van der Waals surface area contributed by atoms with E-state index in [9.17, 15) is 4.79 Å². The SMILES string of the molecule is O=C(C1CCc2ccccc2C1)N1CCN(CCO)CC1. The molecule has 1 heterocycles. The first-order valence-electron chi connectivity index (χ1n) is 7.96. The summed E-state index contributed by atoms with van der Waals surface area (Å²) < 4.78 is 0. The molecule has 1 aliphatic heterocycles. The van der Waals surface area contributed by atoms with Crippen LogP contribution in [0.3, 0.4) is 0 Å². The molecule has 1 aromatic carbocycles. The van der Waals surface area contributed by atoms with E-state index in [1.807, 2.05) is 4.90 Å². The van der Waals surface area contributed by atoms with Crippen molar-refractivity contribution in [3.63, 3.8) is 0 Å². The molecule has 1 unspecified atom stereocenters. The fourth-order valence-corrected chi connectivity index (χ4v) is 3.50. The van der Waals surface area contributed by atoms with Gasteiger partial charge in [0.2, 0.25) is 5.91 Å². The Morgan fingerprint density at radius 2 is 1.86 bits per heavy atom. The maximum atomic E-state index is 12.7. The predicted molar refractivity (Wildman–Crippen MR) is 82.1 cm³/mol. The molecule has 0 saturated carbocycles. The summed E-state index contributed by atoms with van der Waals surface area (Å²) in [7, 11) is 0. The minimum atomic E-state index is 0.157. The van der Waals surface area contributed by atoms with Gasteiger partial charge in [-0.1, -0.05) is 24.3 Å². The second-order valence-corrected chi connectivity index (χ2v) is 6.10. The molecule has 4 nitrogen and oxygen atoms in total. The van der Waals surface area contributed by atoms with E-state index >= 15 is 0 Å². The number of fused-ring (bicyclic) bond motifs is 1. The summed E-state index contributed by atoms with van der Waals surface area (Å²) in [6.07, 6.45) is 2.90. The van der Waals surface area contributed by atoms with Crippen molar-refractivity contribution in [1.29, 1.82) is 0 Å². The molecule has 1 fully saturated rings. The molecule has 4 heteroatoms. The maximum Gasteiger partial charge on any atom is 0.226 e. The summed E-state index contributed by atoms with van der Waals surface area (Å²) in [5.41, 5.74) is 2.76. The van der Waals surface area contributed by atoms with Crippen LogP contribution in [0.2, 0.25) is 0 Å². The summed E-state index contributed by atoms with van der Waals surface area (Å²) in [6.45, 7) is 4.30. The molecular weight excluding hydrogens is 264 g/mol. The molecule has 0 bridgehead atoms. The van der Waals surface area contributed by atoms with Crippen LogP contribution in [0.25, 0.3) is 0 Å². The van der Waals surface area contributed by atoms with Crippen LogP contribution in [0.1, 0.15) is 17.5 Å². The van der Waals surface area contributed by atoms with Crippen LogP contribution < -0.4 is 0 Å². The van der Waals surface area contributed by atoms with Gasteiger partial charge in [0.05, 0.1) is 6.61 Å². The van der Waals surface area contributed by atoms with Crippen LogP contribution in [0.15, 0.2) is 24.3 Å². The van der Waals surface area contributed by atoms with Crippen molar-refractivity contribution in [2.24, 2.45) is 5.92 Å². The van der Waals surface area contributed by atoms with E-state index in [4.69, 9.17) is 5.11 Å². The average molecular weight is 288 g/mol. The van der Waals surface area contributed by atoms with Crippen LogP contribution in [0.5, 0.6) is 0 Å². The zero-order chi connectivity index (χ0) is 14.7. The predicted octanol–water partition coefficient (Wildman–Crippen LogP) is 0.928. The van der Waals surface area contributed by atoms with Crippen molar-refractivity contribution >= 4 is 5.91 Å². The van der Waals surface area contributed by atoms with E-state index in [1.54, 1.807) is 0 Å². The van der Waals surface area contributed by atoms with Gasteiger partial charge in [0.1, 0.15) is 0 Å². The first kappa shape index (κ1) is 14.5. The lowest BCUT2D eigenvalue weighted by Gasteiger charge is -2.37. The van der Waals surface area contributed by atoms with Crippen molar-refractivity contribution in [3.05, 3.63) is 35.4 Å². The summed E-state index contributed by atoms with van der Waals surface area (Å²) >= 11 is 0. The van der Waals surface area contributed by atoms with Crippen molar-refractivity contribution in [1.82, 2.24) is 9.80 Å². The summed E-state index contributed by atoms with van der Waals surface area (Å²) in [6, 6.07) is 8.50. The number of amides is 1. The third-order valence-electron chi connectivity index (χ3n) is 4.80. The molecule has 3 rings (SSSR count). The zero-order valence-electron chi connectivity index (χ0n) is 12.5. The number of aliphatic hydroxyl groups is 1. The lowest BCUT2D eigenvalue weighted by Crippen LogP contribution is -2.51. The largest absolute Gasteiger partial charge is 0.395 e. The lowest BCUT2D eigenvalue weighted by molar-refractivity contribution is -0.137. The molecule has 1 amide bonds. The molecule has 0 spiro atoms. The molecule has 1 saturated heterocycles. The van der Waals surface area contributed by atoms with Gasteiger partial charge in [-0.25, -0.2) is 0 Å². The van der Waals surface area contributed by atoms with Crippen molar-refractivity contribution in [3.8, 4) is 0 Å². The Balaban J connectivity index is 1.57. The lowest BCUT2D eigenvalue weighted by atomic mass is 9.83. The molecule has 21 heavy (non-hydrogen) atoms. The van der Waals surface area contributed by atoms with Crippen molar-refractivity contribution in [2.45, 2.75) is 19.3 Å². The second kappa shape index (κ2) is 6.58. The Bertz CT molecular complexity index is 495. The molecule has 2 aliphatic rings. The molecule has 0 aromatic heterocycles. The molecular formula is C17H24N2O2. The normalized spacial score (nSPS) is 22.9. The van der Waals surface area contributed by atoms with Crippen LogP contribution >= 0.6 is 0 Å². The number of benzene rings is 1. The van der Waals surface area contributed by atoms with Gasteiger partial charge in [-0.3, -0.25) is 9.69 Å².